The Balaban J connectivity index is 1.54. The number of amides is 2. The predicted octanol–water partition coefficient (Wildman–Crippen LogP) is 2.68. The van der Waals surface area contributed by atoms with E-state index in [4.69, 9.17) is 4.42 Å². The van der Waals surface area contributed by atoms with E-state index in [-0.39, 0.29) is 17.6 Å². The summed E-state index contributed by atoms with van der Waals surface area (Å²) in [7, 11) is 0. The van der Waals surface area contributed by atoms with Crippen LogP contribution in [-0.4, -0.2) is 23.9 Å². The number of rotatable bonds is 6. The fourth-order valence-corrected chi connectivity index (χ4v) is 3.12. The SMILES string of the molecule is CCC1(C(=O)NCc2ccc(NC(=O)c3ccco3)cc2)CCCN1. The quantitative estimate of drug-likeness (QED) is 0.754. The summed E-state index contributed by atoms with van der Waals surface area (Å²) in [5, 5.41) is 9.11. The third-order valence-corrected chi connectivity index (χ3v) is 4.69. The summed E-state index contributed by atoms with van der Waals surface area (Å²) in [6.07, 6.45) is 4.16. The summed E-state index contributed by atoms with van der Waals surface area (Å²) in [5.74, 6) is 0.0382. The summed E-state index contributed by atoms with van der Waals surface area (Å²) in [6.45, 7) is 3.40. The van der Waals surface area contributed by atoms with E-state index in [0.29, 0.717) is 12.2 Å². The van der Waals surface area contributed by atoms with Crippen molar-refractivity contribution >= 4 is 17.5 Å². The molecule has 1 saturated heterocycles. The fourth-order valence-electron chi connectivity index (χ4n) is 3.12. The minimum atomic E-state index is -0.420. The second-order valence-electron chi connectivity index (χ2n) is 6.28. The highest BCUT2D eigenvalue weighted by Gasteiger charge is 2.38. The Bertz CT molecular complexity index is 717. The van der Waals surface area contributed by atoms with Gasteiger partial charge in [-0.15, -0.1) is 0 Å². The van der Waals surface area contributed by atoms with Crippen LogP contribution in [0.25, 0.3) is 0 Å². The first-order valence-electron chi connectivity index (χ1n) is 8.60. The molecule has 0 bridgehead atoms. The van der Waals surface area contributed by atoms with Gasteiger partial charge in [-0.1, -0.05) is 19.1 Å². The molecule has 132 valence electrons. The van der Waals surface area contributed by atoms with E-state index in [1.54, 1.807) is 12.1 Å². The normalized spacial score (nSPS) is 19.6. The summed E-state index contributed by atoms with van der Waals surface area (Å²) in [5.41, 5.74) is 1.24. The maximum Gasteiger partial charge on any atom is 0.291 e. The molecule has 1 aromatic carbocycles. The molecule has 1 unspecified atom stereocenters. The summed E-state index contributed by atoms with van der Waals surface area (Å²) < 4.78 is 5.06. The Morgan fingerprint density at radius 3 is 2.64 bits per heavy atom. The lowest BCUT2D eigenvalue weighted by atomic mass is 9.93. The Morgan fingerprint density at radius 1 is 1.24 bits per heavy atom. The monoisotopic (exact) mass is 341 g/mol. The molecular formula is C19H23N3O3. The van der Waals surface area contributed by atoms with Crippen molar-refractivity contribution in [2.75, 3.05) is 11.9 Å². The van der Waals surface area contributed by atoms with E-state index in [2.05, 4.69) is 16.0 Å². The van der Waals surface area contributed by atoms with Crippen LogP contribution >= 0.6 is 0 Å². The molecule has 2 aromatic rings. The zero-order valence-corrected chi connectivity index (χ0v) is 14.3. The molecule has 1 aliphatic rings. The molecule has 3 N–H and O–H groups in total. The van der Waals surface area contributed by atoms with Crippen molar-refractivity contribution in [3.63, 3.8) is 0 Å². The van der Waals surface area contributed by atoms with Crippen LogP contribution in [0.4, 0.5) is 5.69 Å². The van der Waals surface area contributed by atoms with Gasteiger partial charge in [-0.25, -0.2) is 0 Å². The molecule has 0 aliphatic carbocycles. The minimum absolute atomic E-state index is 0.0581. The number of anilines is 1. The van der Waals surface area contributed by atoms with Gasteiger partial charge < -0.3 is 20.4 Å². The molecule has 1 aromatic heterocycles. The maximum atomic E-state index is 12.5. The Morgan fingerprint density at radius 2 is 2.04 bits per heavy atom. The van der Waals surface area contributed by atoms with Gasteiger partial charge in [0.2, 0.25) is 5.91 Å². The molecule has 1 atom stereocenters. The highest BCUT2D eigenvalue weighted by molar-refractivity contribution is 6.02. The summed E-state index contributed by atoms with van der Waals surface area (Å²) in [6, 6.07) is 10.7. The van der Waals surface area contributed by atoms with E-state index < -0.39 is 5.54 Å². The second-order valence-corrected chi connectivity index (χ2v) is 6.28. The molecule has 1 aliphatic heterocycles. The number of hydrogen-bond donors (Lipinski definition) is 3. The third kappa shape index (κ3) is 3.91. The van der Waals surface area contributed by atoms with Crippen molar-refractivity contribution in [1.82, 2.24) is 10.6 Å². The van der Waals surface area contributed by atoms with Crippen molar-refractivity contribution in [3.05, 3.63) is 54.0 Å². The summed E-state index contributed by atoms with van der Waals surface area (Å²) >= 11 is 0. The van der Waals surface area contributed by atoms with Gasteiger partial charge in [0.15, 0.2) is 5.76 Å². The van der Waals surface area contributed by atoms with Gasteiger partial charge in [-0.05, 0) is 55.6 Å². The lowest BCUT2D eigenvalue weighted by Crippen LogP contribution is -2.52. The third-order valence-electron chi connectivity index (χ3n) is 4.69. The van der Waals surface area contributed by atoms with Crippen LogP contribution in [0.1, 0.15) is 42.3 Å². The lowest BCUT2D eigenvalue weighted by Gasteiger charge is -2.26. The topological polar surface area (TPSA) is 83.4 Å². The average molecular weight is 341 g/mol. The van der Waals surface area contributed by atoms with E-state index in [9.17, 15) is 9.59 Å². The van der Waals surface area contributed by atoms with Crippen LogP contribution in [-0.2, 0) is 11.3 Å². The van der Waals surface area contributed by atoms with Gasteiger partial charge in [-0.3, -0.25) is 9.59 Å². The highest BCUT2D eigenvalue weighted by atomic mass is 16.3. The van der Waals surface area contributed by atoms with Gasteiger partial charge >= 0.3 is 0 Å². The zero-order valence-electron chi connectivity index (χ0n) is 14.3. The molecule has 2 heterocycles. The molecule has 0 spiro atoms. The van der Waals surface area contributed by atoms with Crippen molar-refractivity contribution in [3.8, 4) is 0 Å². The summed E-state index contributed by atoms with van der Waals surface area (Å²) in [4.78, 5) is 24.4. The van der Waals surface area contributed by atoms with Crippen molar-refractivity contribution in [1.29, 1.82) is 0 Å². The first-order chi connectivity index (χ1) is 12.1. The van der Waals surface area contributed by atoms with Gasteiger partial charge in [0.1, 0.15) is 0 Å². The largest absolute Gasteiger partial charge is 0.459 e. The first-order valence-corrected chi connectivity index (χ1v) is 8.60. The van der Waals surface area contributed by atoms with Gasteiger partial charge in [0, 0.05) is 12.2 Å². The number of carbonyl (C=O) groups excluding carboxylic acids is 2. The molecule has 6 nitrogen and oxygen atoms in total. The number of carbonyl (C=O) groups is 2. The average Bonchev–Trinajstić information content (AvgIpc) is 3.33. The molecule has 6 heteroatoms. The van der Waals surface area contributed by atoms with E-state index in [1.165, 1.54) is 6.26 Å². The smallest absolute Gasteiger partial charge is 0.291 e. The second kappa shape index (κ2) is 7.53. The molecule has 3 rings (SSSR count). The van der Waals surface area contributed by atoms with Crippen LogP contribution in [0.5, 0.6) is 0 Å². The van der Waals surface area contributed by atoms with E-state index >= 15 is 0 Å². The number of furan rings is 1. The van der Waals surface area contributed by atoms with Crippen molar-refractivity contribution in [2.24, 2.45) is 0 Å². The van der Waals surface area contributed by atoms with Gasteiger partial charge in [0.05, 0.1) is 11.8 Å². The first kappa shape index (κ1) is 17.2. The van der Waals surface area contributed by atoms with E-state index in [1.807, 2.05) is 31.2 Å². The minimum Gasteiger partial charge on any atom is -0.459 e. The number of hydrogen-bond acceptors (Lipinski definition) is 4. The maximum absolute atomic E-state index is 12.5. The fraction of sp³-hybridized carbons (Fsp3) is 0.368. The van der Waals surface area contributed by atoms with E-state index in [0.717, 1.165) is 31.4 Å². The van der Waals surface area contributed by atoms with Crippen molar-refractivity contribution < 1.29 is 14.0 Å². The van der Waals surface area contributed by atoms with Crippen LogP contribution in [0, 0.1) is 0 Å². The number of benzene rings is 1. The molecule has 0 saturated carbocycles. The van der Waals surface area contributed by atoms with Crippen LogP contribution in [0.2, 0.25) is 0 Å². The molecule has 1 fully saturated rings. The van der Waals surface area contributed by atoms with Gasteiger partial charge in [-0.2, -0.15) is 0 Å². The Kier molecular flexibility index (Phi) is 5.19. The lowest BCUT2D eigenvalue weighted by molar-refractivity contribution is -0.127. The molecule has 25 heavy (non-hydrogen) atoms. The van der Waals surface area contributed by atoms with Crippen LogP contribution in [0.3, 0.4) is 0 Å². The predicted molar refractivity (Wildman–Crippen MR) is 95.2 cm³/mol. The number of nitrogens with one attached hydrogen (secondary N) is 3. The standard InChI is InChI=1S/C19H23N3O3/c1-2-19(10-4-11-21-19)18(24)20-13-14-6-8-15(9-7-14)22-17(23)16-5-3-12-25-16/h3,5-9,12,21H,2,4,10-11,13H2,1H3,(H,20,24)(H,22,23). The zero-order chi connectivity index (χ0) is 17.7. The molecule has 2 amide bonds. The van der Waals surface area contributed by atoms with Crippen LogP contribution < -0.4 is 16.0 Å². The highest BCUT2D eigenvalue weighted by Crippen LogP contribution is 2.23. The Hall–Kier alpha value is -2.60. The molecular weight excluding hydrogens is 318 g/mol. The molecule has 0 radical (unpaired) electrons. The van der Waals surface area contributed by atoms with Crippen molar-refractivity contribution in [2.45, 2.75) is 38.3 Å². The van der Waals surface area contributed by atoms with Gasteiger partial charge in [0.25, 0.3) is 5.91 Å². The Labute approximate surface area is 147 Å². The van der Waals surface area contributed by atoms with Crippen LogP contribution in [0.15, 0.2) is 47.1 Å².